The van der Waals surface area contributed by atoms with Crippen molar-refractivity contribution in [3.05, 3.63) is 0 Å². The van der Waals surface area contributed by atoms with Crippen LogP contribution >= 0.6 is 12.4 Å². The van der Waals surface area contributed by atoms with Crippen molar-refractivity contribution in [3.63, 3.8) is 0 Å². The predicted molar refractivity (Wildman–Crippen MR) is 90.0 cm³/mol. The lowest BCUT2D eigenvalue weighted by Crippen LogP contribution is -2.28. The van der Waals surface area contributed by atoms with Crippen LogP contribution in [0.5, 0.6) is 0 Å². The van der Waals surface area contributed by atoms with Gasteiger partial charge < -0.3 is 26.1 Å². The van der Waals surface area contributed by atoms with Gasteiger partial charge in [-0.3, -0.25) is 10.2 Å². The van der Waals surface area contributed by atoms with Crippen LogP contribution in [0.3, 0.4) is 0 Å². The fourth-order valence-corrected chi connectivity index (χ4v) is 2.11. The zero-order chi connectivity index (χ0) is 14.1. The molecule has 0 aromatic heterocycles. The maximum absolute atomic E-state index is 10.9. The van der Waals surface area contributed by atoms with E-state index < -0.39 is 0 Å². The molecule has 0 aliphatic carbocycles. The minimum Gasteiger partial charge on any atom is -0.469 e. The summed E-state index contributed by atoms with van der Waals surface area (Å²) in [6, 6.07) is 0. The summed E-state index contributed by atoms with van der Waals surface area (Å²) >= 11 is 0. The number of halogens is 1. The summed E-state index contributed by atoms with van der Waals surface area (Å²) in [6.45, 7) is 2.92. The van der Waals surface area contributed by atoms with Gasteiger partial charge in [0.15, 0.2) is 0 Å². The molecular weight excluding hydrogens is 310 g/mol. The van der Waals surface area contributed by atoms with Crippen molar-refractivity contribution in [2.45, 2.75) is 33.1 Å². The fraction of sp³-hybridized carbons (Fsp3) is 0.857. The third kappa shape index (κ3) is 9.94. The van der Waals surface area contributed by atoms with E-state index in [1.165, 1.54) is 7.11 Å². The molecular formula is C14H32ClN3O4. The van der Waals surface area contributed by atoms with Crippen LogP contribution in [0.15, 0.2) is 0 Å². The molecule has 0 atom stereocenters. The van der Waals surface area contributed by atoms with Crippen LogP contribution in [0.25, 0.3) is 0 Å². The van der Waals surface area contributed by atoms with E-state index in [-0.39, 0.29) is 37.9 Å². The first-order valence-corrected chi connectivity index (χ1v) is 6.72. The Hall–Kier alpha value is -0.890. The smallest absolute Gasteiger partial charge is 0.308 e. The van der Waals surface area contributed by atoms with Gasteiger partial charge in [-0.2, -0.15) is 0 Å². The molecule has 8 heteroatoms. The van der Waals surface area contributed by atoms with Crippen LogP contribution in [-0.4, -0.2) is 45.3 Å². The van der Waals surface area contributed by atoms with Crippen LogP contribution in [0.2, 0.25) is 0 Å². The molecule has 0 amide bonds. The molecule has 2 fully saturated rings. The highest BCUT2D eigenvalue weighted by Gasteiger charge is 2.21. The van der Waals surface area contributed by atoms with Gasteiger partial charge in [0.05, 0.1) is 18.9 Å². The Morgan fingerprint density at radius 3 is 1.68 bits per heavy atom. The van der Waals surface area contributed by atoms with Gasteiger partial charge in [-0.15, -0.1) is 12.4 Å². The van der Waals surface area contributed by atoms with Gasteiger partial charge in [0.2, 0.25) is 0 Å². The summed E-state index contributed by atoms with van der Waals surface area (Å²) in [7, 11) is 1.43. The quantitative estimate of drug-likeness (QED) is 0.401. The highest BCUT2D eigenvalue weighted by Crippen LogP contribution is 2.15. The normalized spacial score (nSPS) is 18.2. The molecule has 0 aromatic carbocycles. The number of amidine groups is 1. The van der Waals surface area contributed by atoms with Crippen LogP contribution in [0, 0.1) is 17.2 Å². The Balaban J connectivity index is -0.000000290. The summed E-state index contributed by atoms with van der Waals surface area (Å²) in [6.07, 6.45) is 3.48. The van der Waals surface area contributed by atoms with Gasteiger partial charge >= 0.3 is 5.97 Å². The monoisotopic (exact) mass is 341 g/mol. The third-order valence-corrected chi connectivity index (χ3v) is 3.42. The molecule has 0 unspecified atom stereocenters. The van der Waals surface area contributed by atoms with Gasteiger partial charge in [0, 0.05) is 32.3 Å². The molecule has 0 bridgehead atoms. The van der Waals surface area contributed by atoms with Crippen LogP contribution in [0.4, 0.5) is 0 Å². The molecule has 2 saturated heterocycles. The van der Waals surface area contributed by atoms with E-state index >= 15 is 0 Å². The Bertz CT molecular complexity index is 294. The molecule has 0 spiro atoms. The number of carbonyl (C=O) groups excluding carboxylic acids is 1. The largest absolute Gasteiger partial charge is 0.469 e. The number of rotatable bonds is 2. The second kappa shape index (κ2) is 15.0. The van der Waals surface area contributed by atoms with Crippen LogP contribution < -0.4 is 11.9 Å². The highest BCUT2D eigenvalue weighted by atomic mass is 35.5. The minimum atomic E-state index is -0.0942. The van der Waals surface area contributed by atoms with Crippen LogP contribution in [-0.2, 0) is 19.0 Å². The van der Waals surface area contributed by atoms with Crippen molar-refractivity contribution in [2.24, 2.45) is 17.6 Å². The van der Waals surface area contributed by atoms with E-state index in [4.69, 9.17) is 20.6 Å². The van der Waals surface area contributed by atoms with Gasteiger partial charge in [0.1, 0.15) is 0 Å². The number of nitrogens with two attached hydrogens (primary N) is 1. The summed E-state index contributed by atoms with van der Waals surface area (Å²) in [5, 5.41) is 7.11. The molecule has 2 heterocycles. The summed E-state index contributed by atoms with van der Waals surface area (Å²) in [5.41, 5.74) is 5.29. The number of esters is 1. The molecule has 6 N–H and O–H groups in total. The maximum atomic E-state index is 10.9. The first kappa shape index (κ1) is 26.0. The van der Waals surface area contributed by atoms with E-state index in [9.17, 15) is 4.79 Å². The topological polar surface area (TPSA) is 130 Å². The summed E-state index contributed by atoms with van der Waals surface area (Å²) in [5.74, 6) is 0.596. The number of hydrogen-bond donors (Lipinski definition) is 3. The third-order valence-electron chi connectivity index (χ3n) is 3.42. The first-order valence-electron chi connectivity index (χ1n) is 6.72. The predicted octanol–water partition coefficient (Wildman–Crippen LogP) is 2.15. The van der Waals surface area contributed by atoms with E-state index in [1.54, 1.807) is 0 Å². The van der Waals surface area contributed by atoms with Crippen molar-refractivity contribution in [3.8, 4) is 0 Å². The molecule has 7 nitrogen and oxygen atoms in total. The zero-order valence-electron chi connectivity index (χ0n) is 12.6. The lowest BCUT2D eigenvalue weighted by Gasteiger charge is -2.19. The van der Waals surface area contributed by atoms with E-state index in [2.05, 4.69) is 4.74 Å². The Morgan fingerprint density at radius 2 is 1.41 bits per heavy atom. The van der Waals surface area contributed by atoms with Gasteiger partial charge in [-0.05, 0) is 25.7 Å². The maximum Gasteiger partial charge on any atom is 0.308 e. The van der Waals surface area contributed by atoms with Gasteiger partial charge in [0.25, 0.3) is 0 Å². The van der Waals surface area contributed by atoms with Crippen molar-refractivity contribution in [2.75, 3.05) is 33.5 Å². The number of hydrogen-bond acceptors (Lipinski definition) is 6. The number of nitrogens with one attached hydrogen (secondary N) is 1. The molecule has 0 aromatic rings. The number of methoxy groups -OCH3 is 1. The highest BCUT2D eigenvalue weighted by molar-refractivity contribution is 5.85. The SMILES string of the molecule is C.COC(=O)C1CCOCC1.Cl.N.N=C(N)C1CCOCC1. The second-order valence-electron chi connectivity index (χ2n) is 4.75. The molecule has 2 aliphatic rings. The molecule has 0 radical (unpaired) electrons. The Kier molecular flexibility index (Phi) is 17.8. The summed E-state index contributed by atoms with van der Waals surface area (Å²) < 4.78 is 14.8. The van der Waals surface area contributed by atoms with E-state index in [0.717, 1.165) is 38.9 Å². The van der Waals surface area contributed by atoms with Crippen molar-refractivity contribution < 1.29 is 19.0 Å². The standard InChI is InChI=1S/C7H12O3.C6H12N2O.CH4.ClH.H3N/c1-9-7(8)6-2-4-10-5-3-6;7-6(8)5-1-3-9-4-2-5;;;/h6H,2-5H2,1H3;5H,1-4H2,(H3,7,8);1H4;1H;1H3. The molecule has 2 aliphatic heterocycles. The van der Waals surface area contributed by atoms with Crippen LogP contribution in [0.1, 0.15) is 33.1 Å². The average Bonchev–Trinajstić information content (AvgIpc) is 2.49. The first-order chi connectivity index (χ1) is 9.15. The van der Waals surface area contributed by atoms with Crippen molar-refractivity contribution in [1.29, 1.82) is 5.41 Å². The number of ether oxygens (including phenoxy) is 3. The number of carbonyl (C=O) groups is 1. The zero-order valence-corrected chi connectivity index (χ0v) is 13.5. The average molecular weight is 342 g/mol. The Labute approximate surface area is 139 Å². The Morgan fingerprint density at radius 1 is 1.05 bits per heavy atom. The van der Waals surface area contributed by atoms with E-state index in [0.29, 0.717) is 25.0 Å². The van der Waals surface area contributed by atoms with Crippen molar-refractivity contribution in [1.82, 2.24) is 6.15 Å². The molecule has 22 heavy (non-hydrogen) atoms. The van der Waals surface area contributed by atoms with E-state index in [1.807, 2.05) is 0 Å². The summed E-state index contributed by atoms with van der Waals surface area (Å²) in [4.78, 5) is 10.9. The van der Waals surface area contributed by atoms with Crippen molar-refractivity contribution >= 4 is 24.2 Å². The fourth-order valence-electron chi connectivity index (χ4n) is 2.11. The van der Waals surface area contributed by atoms with Gasteiger partial charge in [-0.25, -0.2) is 0 Å². The molecule has 2 rings (SSSR count). The molecule has 0 saturated carbocycles. The second-order valence-corrected chi connectivity index (χ2v) is 4.75. The minimum absolute atomic E-state index is 0. The van der Waals surface area contributed by atoms with Gasteiger partial charge in [-0.1, -0.05) is 7.43 Å². The molecule has 134 valence electrons. The lowest BCUT2D eigenvalue weighted by atomic mass is 10.00. The lowest BCUT2D eigenvalue weighted by molar-refractivity contribution is -0.148.